The number of nitrogens with zero attached hydrogens (tertiary/aromatic N) is 2. The Morgan fingerprint density at radius 1 is 0.968 bits per heavy atom. The number of halogens is 1. The summed E-state index contributed by atoms with van der Waals surface area (Å²) in [6.07, 6.45) is 1.97. The molecule has 0 saturated carbocycles. The first-order valence-electron chi connectivity index (χ1n) is 10.1. The lowest BCUT2D eigenvalue weighted by Gasteiger charge is -2.18. The number of carbonyl (C=O) groups is 2. The highest BCUT2D eigenvalue weighted by atomic mass is 79.9. The third-order valence-electron chi connectivity index (χ3n) is 5.38. The number of hydrogen-bond donors (Lipinski definition) is 1. The van der Waals surface area contributed by atoms with Crippen LogP contribution in [0.5, 0.6) is 0 Å². The second kappa shape index (κ2) is 9.31. The molecule has 1 N–H and O–H groups in total. The van der Waals surface area contributed by atoms with E-state index >= 15 is 0 Å². The van der Waals surface area contributed by atoms with Gasteiger partial charge < -0.3 is 14.8 Å². The molecule has 7 heteroatoms. The molecular weight excluding hydrogens is 458 g/mol. The van der Waals surface area contributed by atoms with E-state index in [1.54, 1.807) is 21.7 Å². The summed E-state index contributed by atoms with van der Waals surface area (Å²) in [5, 5.41) is 2.94. The third-order valence-corrected chi connectivity index (χ3v) is 6.05. The summed E-state index contributed by atoms with van der Waals surface area (Å²) in [6, 6.07) is 20.4. The van der Waals surface area contributed by atoms with Crippen molar-refractivity contribution in [2.45, 2.75) is 19.5 Å². The first kappa shape index (κ1) is 21.1. The van der Waals surface area contributed by atoms with Crippen molar-refractivity contribution in [2.24, 2.45) is 5.92 Å². The van der Waals surface area contributed by atoms with Crippen LogP contribution in [0, 0.1) is 5.92 Å². The van der Waals surface area contributed by atoms with E-state index in [9.17, 15) is 14.4 Å². The molecule has 2 heterocycles. The van der Waals surface area contributed by atoms with Crippen LogP contribution in [-0.4, -0.2) is 22.9 Å². The van der Waals surface area contributed by atoms with Crippen LogP contribution < -0.4 is 15.8 Å². The number of pyridine rings is 1. The van der Waals surface area contributed by atoms with E-state index in [1.807, 2.05) is 54.6 Å². The molecule has 1 saturated heterocycles. The molecule has 31 heavy (non-hydrogen) atoms. The van der Waals surface area contributed by atoms with Gasteiger partial charge in [-0.25, -0.2) is 0 Å². The summed E-state index contributed by atoms with van der Waals surface area (Å²) in [5.41, 5.74) is 2.72. The number of nitrogens with one attached hydrogen (secondary N) is 1. The maximum absolute atomic E-state index is 12.6. The zero-order valence-electron chi connectivity index (χ0n) is 16.8. The Balaban J connectivity index is 1.33. The molecule has 1 aliphatic rings. The molecule has 1 unspecified atom stereocenters. The Kier molecular flexibility index (Phi) is 6.32. The molecule has 2 aromatic carbocycles. The number of hydrogen-bond acceptors (Lipinski definition) is 3. The number of amides is 2. The summed E-state index contributed by atoms with van der Waals surface area (Å²) in [5.74, 6) is -0.542. The maximum atomic E-state index is 12.6. The summed E-state index contributed by atoms with van der Waals surface area (Å²) in [4.78, 5) is 38.6. The lowest BCUT2D eigenvalue weighted by Crippen LogP contribution is -2.32. The second-order valence-electron chi connectivity index (χ2n) is 7.56. The van der Waals surface area contributed by atoms with E-state index in [2.05, 4.69) is 21.2 Å². The summed E-state index contributed by atoms with van der Waals surface area (Å²) < 4.78 is 2.48. The van der Waals surface area contributed by atoms with Crippen molar-refractivity contribution >= 4 is 33.4 Å². The van der Waals surface area contributed by atoms with Crippen molar-refractivity contribution in [1.82, 2.24) is 9.88 Å². The van der Waals surface area contributed by atoms with Crippen LogP contribution >= 0.6 is 15.9 Å². The number of rotatable bonds is 6. The topological polar surface area (TPSA) is 71.4 Å². The summed E-state index contributed by atoms with van der Waals surface area (Å²) >= 11 is 3.47. The normalized spacial score (nSPS) is 15.8. The highest BCUT2D eigenvalue weighted by Gasteiger charge is 2.35. The van der Waals surface area contributed by atoms with Gasteiger partial charge in [0, 0.05) is 36.2 Å². The predicted molar refractivity (Wildman–Crippen MR) is 123 cm³/mol. The Bertz CT molecular complexity index is 1160. The highest BCUT2D eigenvalue weighted by Crippen LogP contribution is 2.31. The van der Waals surface area contributed by atoms with Gasteiger partial charge >= 0.3 is 0 Å². The van der Waals surface area contributed by atoms with Crippen LogP contribution in [0.2, 0.25) is 0 Å². The lowest BCUT2D eigenvalue weighted by molar-refractivity contribution is -0.126. The van der Waals surface area contributed by atoms with Gasteiger partial charge in [-0.15, -0.1) is 0 Å². The van der Waals surface area contributed by atoms with Crippen LogP contribution in [0.4, 0.5) is 5.69 Å². The zero-order valence-corrected chi connectivity index (χ0v) is 18.4. The molecule has 2 amide bonds. The molecule has 158 valence electrons. The number of anilines is 1. The first-order chi connectivity index (χ1) is 15.0. The van der Waals surface area contributed by atoms with E-state index in [1.165, 1.54) is 6.07 Å². The second-order valence-corrected chi connectivity index (χ2v) is 8.41. The number of carbonyl (C=O) groups excluding carboxylic acids is 2. The van der Waals surface area contributed by atoms with Crippen molar-refractivity contribution in [1.29, 1.82) is 0 Å². The first-order valence-corrected chi connectivity index (χ1v) is 10.9. The monoisotopic (exact) mass is 479 g/mol. The summed E-state index contributed by atoms with van der Waals surface area (Å²) in [7, 11) is 0. The predicted octanol–water partition coefficient (Wildman–Crippen LogP) is 3.33. The molecule has 0 aliphatic carbocycles. The van der Waals surface area contributed by atoms with Crippen LogP contribution in [0.25, 0.3) is 0 Å². The molecule has 0 bridgehead atoms. The van der Waals surface area contributed by atoms with Crippen molar-refractivity contribution in [3.8, 4) is 0 Å². The molecule has 4 rings (SSSR count). The van der Waals surface area contributed by atoms with Gasteiger partial charge in [0.05, 0.1) is 18.2 Å². The molecule has 6 nitrogen and oxygen atoms in total. The van der Waals surface area contributed by atoms with Gasteiger partial charge in [-0.1, -0.05) is 42.5 Å². The van der Waals surface area contributed by atoms with Crippen LogP contribution in [-0.2, 0) is 22.7 Å². The number of aromatic nitrogens is 1. The van der Waals surface area contributed by atoms with Gasteiger partial charge in [0.15, 0.2) is 0 Å². The van der Waals surface area contributed by atoms with Gasteiger partial charge in [-0.3, -0.25) is 14.4 Å². The molecule has 1 aliphatic heterocycles. The highest BCUT2D eigenvalue weighted by molar-refractivity contribution is 9.10. The molecule has 0 radical (unpaired) electrons. The van der Waals surface area contributed by atoms with E-state index in [-0.39, 0.29) is 29.7 Å². The van der Waals surface area contributed by atoms with Gasteiger partial charge in [0.25, 0.3) is 5.56 Å². The molecule has 1 atom stereocenters. The average Bonchev–Trinajstić information content (AvgIpc) is 3.16. The molecule has 1 aromatic heterocycles. The Hall–Kier alpha value is -3.19. The van der Waals surface area contributed by atoms with Crippen LogP contribution in [0.3, 0.4) is 0 Å². The van der Waals surface area contributed by atoms with E-state index in [4.69, 9.17) is 0 Å². The molecule has 0 spiro atoms. The average molecular weight is 480 g/mol. The minimum atomic E-state index is -0.371. The van der Waals surface area contributed by atoms with Crippen molar-refractivity contribution in [3.05, 3.63) is 98.9 Å². The fourth-order valence-corrected chi connectivity index (χ4v) is 4.17. The molecular formula is C24H22BrN3O3. The van der Waals surface area contributed by atoms with Gasteiger partial charge in [-0.05, 0) is 45.3 Å². The zero-order chi connectivity index (χ0) is 21.8. The Morgan fingerprint density at radius 3 is 2.42 bits per heavy atom. The number of benzene rings is 2. The van der Waals surface area contributed by atoms with Crippen molar-refractivity contribution in [2.75, 3.05) is 11.4 Å². The minimum Gasteiger partial charge on any atom is -0.352 e. The van der Waals surface area contributed by atoms with Crippen molar-refractivity contribution in [3.63, 3.8) is 0 Å². The van der Waals surface area contributed by atoms with E-state index in [0.29, 0.717) is 19.6 Å². The molecule has 1 fully saturated rings. The van der Waals surface area contributed by atoms with Gasteiger partial charge in [0.1, 0.15) is 0 Å². The van der Waals surface area contributed by atoms with Gasteiger partial charge in [0.2, 0.25) is 11.8 Å². The maximum Gasteiger partial charge on any atom is 0.250 e. The third kappa shape index (κ3) is 4.94. The SMILES string of the molecule is O=C(NCc1ccc(Cn2ccccc2=O)cc1)C1CC(=O)N(c2ccccc2Br)C1. The number of para-hydroxylation sites is 1. The lowest BCUT2D eigenvalue weighted by atomic mass is 10.1. The summed E-state index contributed by atoms with van der Waals surface area (Å²) in [6.45, 7) is 1.27. The largest absolute Gasteiger partial charge is 0.352 e. The fourth-order valence-electron chi connectivity index (χ4n) is 3.67. The Labute approximate surface area is 188 Å². The standard InChI is InChI=1S/C24H22BrN3O3/c25-20-5-1-2-6-21(20)28-16-19(13-23(28)30)24(31)26-14-17-8-10-18(11-9-17)15-27-12-4-3-7-22(27)29/h1-12,19H,13-16H2,(H,26,31). The fraction of sp³-hybridized carbons (Fsp3) is 0.208. The van der Waals surface area contributed by atoms with E-state index < -0.39 is 0 Å². The van der Waals surface area contributed by atoms with E-state index in [0.717, 1.165) is 21.3 Å². The van der Waals surface area contributed by atoms with Crippen LogP contribution in [0.1, 0.15) is 17.5 Å². The smallest absolute Gasteiger partial charge is 0.250 e. The van der Waals surface area contributed by atoms with Gasteiger partial charge in [-0.2, -0.15) is 0 Å². The van der Waals surface area contributed by atoms with Crippen molar-refractivity contribution < 1.29 is 9.59 Å². The Morgan fingerprint density at radius 2 is 1.68 bits per heavy atom. The quantitative estimate of drug-likeness (QED) is 0.589. The molecule has 3 aromatic rings. The minimum absolute atomic E-state index is 0.0403. The van der Waals surface area contributed by atoms with Crippen LogP contribution in [0.15, 0.2) is 82.2 Å².